The molecule has 0 aliphatic rings. The van der Waals surface area contributed by atoms with E-state index >= 15 is 0 Å². The second-order valence-electron chi connectivity index (χ2n) is 7.47. The maximum Gasteiger partial charge on any atom is 0.323 e. The average Bonchev–Trinajstić information content (AvgIpc) is 3.25. The predicted octanol–water partition coefficient (Wildman–Crippen LogP) is 1.91. The second kappa shape index (κ2) is 11.4. The van der Waals surface area contributed by atoms with Crippen LogP contribution in [0.2, 0.25) is 0 Å². The molecule has 0 spiro atoms. The van der Waals surface area contributed by atoms with Crippen LogP contribution < -0.4 is 5.56 Å². The Labute approximate surface area is 199 Å². The molecule has 0 aliphatic heterocycles. The Balaban J connectivity index is 0.00000108. The number of nitrogens with zero attached hydrogens (tertiary/aromatic N) is 4. The topological polar surface area (TPSA) is 158 Å². The van der Waals surface area contributed by atoms with Crippen molar-refractivity contribution in [2.24, 2.45) is 0 Å². The van der Waals surface area contributed by atoms with Crippen LogP contribution in [-0.4, -0.2) is 59.8 Å². The first-order valence-corrected chi connectivity index (χ1v) is 10.5. The van der Waals surface area contributed by atoms with Crippen molar-refractivity contribution in [2.45, 2.75) is 20.0 Å². The molecule has 0 unspecified atom stereocenters. The molecule has 0 saturated carbocycles. The van der Waals surface area contributed by atoms with Gasteiger partial charge in [0.2, 0.25) is 5.91 Å². The number of carbonyl (C=O) groups excluding carboxylic acids is 1. The number of amides is 1. The smallest absolute Gasteiger partial charge is 0.323 e. The molecule has 0 radical (unpaired) electrons. The number of aryl methyl sites for hydroxylation is 1. The number of hydrogen-bond donors (Lipinski definition) is 3. The molecule has 0 atom stereocenters. The molecule has 4 aromatic rings. The average molecular weight is 477 g/mol. The van der Waals surface area contributed by atoms with Crippen LogP contribution in [0.4, 0.5) is 0 Å². The maximum atomic E-state index is 13.1. The Morgan fingerprint density at radius 2 is 1.71 bits per heavy atom. The lowest BCUT2D eigenvalue weighted by molar-refractivity contribution is -0.145. The molecule has 3 N–H and O–H groups in total. The first-order valence-electron chi connectivity index (χ1n) is 10.5. The third-order valence-corrected chi connectivity index (χ3v) is 5.00. The molecule has 0 saturated heterocycles. The number of nitrogens with one attached hydrogen (secondary N) is 1. The minimum absolute atomic E-state index is 0.0276. The van der Waals surface area contributed by atoms with Crippen molar-refractivity contribution >= 4 is 29.1 Å². The molecule has 4 rings (SSSR count). The summed E-state index contributed by atoms with van der Waals surface area (Å²) in [6.45, 7) is 0.644. The summed E-state index contributed by atoms with van der Waals surface area (Å²) in [4.78, 5) is 54.0. The van der Waals surface area contributed by atoms with Gasteiger partial charge in [-0.1, -0.05) is 48.5 Å². The molecule has 2 aromatic carbocycles. The molecule has 1 amide bonds. The summed E-state index contributed by atoms with van der Waals surface area (Å²) in [6.07, 6.45) is 1.55. The SMILES string of the molecule is Cc1ncc(CN(CC(=O)O)C(=O)Cn2nc(-c3ccccc3)c3ccccc3c2=O)[nH]1.O=CO. The molecule has 180 valence electrons. The van der Waals surface area contributed by atoms with E-state index in [2.05, 4.69) is 15.1 Å². The minimum Gasteiger partial charge on any atom is -0.483 e. The number of rotatable bonds is 7. The quantitative estimate of drug-likeness (QED) is 0.341. The van der Waals surface area contributed by atoms with Gasteiger partial charge in [0.05, 0.1) is 29.5 Å². The van der Waals surface area contributed by atoms with E-state index in [1.807, 2.05) is 42.5 Å². The summed E-state index contributed by atoms with van der Waals surface area (Å²) in [5, 5.41) is 21.7. The summed E-state index contributed by atoms with van der Waals surface area (Å²) in [5.74, 6) is -1.04. The molecule has 2 heterocycles. The van der Waals surface area contributed by atoms with E-state index in [0.29, 0.717) is 28.0 Å². The molecule has 0 aliphatic carbocycles. The Morgan fingerprint density at radius 1 is 1.09 bits per heavy atom. The largest absolute Gasteiger partial charge is 0.483 e. The fraction of sp³-hybridized carbons (Fsp3) is 0.167. The molecular formula is C24H23N5O6. The third kappa shape index (κ3) is 6.16. The van der Waals surface area contributed by atoms with Crippen molar-refractivity contribution in [3.05, 3.63) is 82.7 Å². The maximum absolute atomic E-state index is 13.1. The van der Waals surface area contributed by atoms with E-state index in [1.54, 1.807) is 25.3 Å². The van der Waals surface area contributed by atoms with E-state index in [1.165, 1.54) is 0 Å². The first kappa shape index (κ1) is 24.8. The van der Waals surface area contributed by atoms with Crippen LogP contribution in [0.15, 0.2) is 65.6 Å². The monoisotopic (exact) mass is 477 g/mol. The van der Waals surface area contributed by atoms with Gasteiger partial charge >= 0.3 is 5.97 Å². The van der Waals surface area contributed by atoms with Crippen LogP contribution in [-0.2, 0) is 27.5 Å². The van der Waals surface area contributed by atoms with Gasteiger partial charge in [0.1, 0.15) is 18.9 Å². The van der Waals surface area contributed by atoms with Crippen LogP contribution >= 0.6 is 0 Å². The molecule has 0 bridgehead atoms. The van der Waals surface area contributed by atoms with Crippen LogP contribution in [0, 0.1) is 6.92 Å². The van der Waals surface area contributed by atoms with Gasteiger partial charge in [-0.25, -0.2) is 9.67 Å². The number of aromatic amines is 1. The lowest BCUT2D eigenvalue weighted by Gasteiger charge is -2.20. The molecular weight excluding hydrogens is 454 g/mol. The summed E-state index contributed by atoms with van der Waals surface area (Å²) in [6, 6.07) is 16.5. The second-order valence-corrected chi connectivity index (χ2v) is 7.47. The van der Waals surface area contributed by atoms with Crippen molar-refractivity contribution in [3.63, 3.8) is 0 Å². The highest BCUT2D eigenvalue weighted by Crippen LogP contribution is 2.24. The summed E-state index contributed by atoms with van der Waals surface area (Å²) in [5.41, 5.74) is 1.56. The summed E-state index contributed by atoms with van der Waals surface area (Å²) >= 11 is 0. The van der Waals surface area contributed by atoms with E-state index in [4.69, 9.17) is 9.90 Å². The number of carboxylic acid groups (broad SMARTS) is 2. The van der Waals surface area contributed by atoms with E-state index in [-0.39, 0.29) is 19.6 Å². The molecule has 35 heavy (non-hydrogen) atoms. The predicted molar refractivity (Wildman–Crippen MR) is 127 cm³/mol. The van der Waals surface area contributed by atoms with Gasteiger partial charge in [0, 0.05) is 10.9 Å². The molecule has 11 heteroatoms. The zero-order valence-corrected chi connectivity index (χ0v) is 18.8. The highest BCUT2D eigenvalue weighted by Gasteiger charge is 2.21. The van der Waals surface area contributed by atoms with Gasteiger partial charge in [-0.3, -0.25) is 19.2 Å². The highest BCUT2D eigenvalue weighted by molar-refractivity contribution is 5.94. The van der Waals surface area contributed by atoms with Crippen molar-refractivity contribution in [1.29, 1.82) is 0 Å². The number of aliphatic carboxylic acids is 1. The van der Waals surface area contributed by atoms with Gasteiger partial charge < -0.3 is 20.1 Å². The molecule has 11 nitrogen and oxygen atoms in total. The van der Waals surface area contributed by atoms with E-state index < -0.39 is 24.0 Å². The van der Waals surface area contributed by atoms with E-state index in [0.717, 1.165) is 15.1 Å². The number of carboxylic acids is 1. The van der Waals surface area contributed by atoms with Gasteiger partial charge in [0.15, 0.2) is 0 Å². The number of benzene rings is 2. The zero-order valence-electron chi connectivity index (χ0n) is 18.8. The Bertz CT molecular complexity index is 1400. The highest BCUT2D eigenvalue weighted by atomic mass is 16.4. The lowest BCUT2D eigenvalue weighted by atomic mass is 10.1. The van der Waals surface area contributed by atoms with Crippen molar-refractivity contribution in [1.82, 2.24) is 24.6 Å². The molecule has 2 aromatic heterocycles. The summed E-state index contributed by atoms with van der Waals surface area (Å²) in [7, 11) is 0. The normalized spacial score (nSPS) is 10.3. The number of imidazole rings is 1. The number of hydrogen-bond acceptors (Lipinski definition) is 6. The van der Waals surface area contributed by atoms with Crippen molar-refractivity contribution < 1.29 is 24.6 Å². The lowest BCUT2D eigenvalue weighted by Crippen LogP contribution is -2.40. The van der Waals surface area contributed by atoms with Crippen LogP contribution in [0.3, 0.4) is 0 Å². The number of carbonyl (C=O) groups is 3. The van der Waals surface area contributed by atoms with Gasteiger partial charge in [-0.2, -0.15) is 5.10 Å². The number of H-pyrrole nitrogens is 1. The van der Waals surface area contributed by atoms with Crippen molar-refractivity contribution in [3.8, 4) is 11.3 Å². The minimum atomic E-state index is -1.15. The van der Waals surface area contributed by atoms with Crippen LogP contribution in [0.5, 0.6) is 0 Å². The third-order valence-electron chi connectivity index (χ3n) is 5.00. The van der Waals surface area contributed by atoms with Crippen molar-refractivity contribution in [2.75, 3.05) is 6.54 Å². The van der Waals surface area contributed by atoms with E-state index in [9.17, 15) is 19.5 Å². The Morgan fingerprint density at radius 3 is 2.31 bits per heavy atom. The van der Waals surface area contributed by atoms with Gasteiger partial charge in [-0.05, 0) is 13.0 Å². The van der Waals surface area contributed by atoms with Crippen LogP contribution in [0.1, 0.15) is 11.5 Å². The first-order chi connectivity index (χ1) is 16.8. The fourth-order valence-electron chi connectivity index (χ4n) is 3.53. The fourth-order valence-corrected chi connectivity index (χ4v) is 3.53. The van der Waals surface area contributed by atoms with Crippen LogP contribution in [0.25, 0.3) is 22.0 Å². The Hall–Kier alpha value is -4.80. The number of aromatic nitrogens is 4. The standard InChI is InChI=1S/C23H21N5O4.CH2O2/c1-15-24-11-17(25-15)12-27(14-21(30)31)20(29)13-28-23(32)19-10-6-5-9-18(19)22(26-28)16-7-3-2-4-8-16;2-1-3/h2-11H,12-14H2,1H3,(H,24,25)(H,30,31);1H,(H,2,3). The van der Waals surface area contributed by atoms with Gasteiger partial charge in [0.25, 0.3) is 12.0 Å². The Kier molecular flexibility index (Phi) is 8.06. The molecule has 0 fully saturated rings. The zero-order chi connectivity index (χ0) is 25.4. The van der Waals surface area contributed by atoms with Gasteiger partial charge in [-0.15, -0.1) is 0 Å². The number of fused-ring (bicyclic) bond motifs is 1. The summed E-state index contributed by atoms with van der Waals surface area (Å²) < 4.78 is 1.10.